The SMILES string of the molecule is Cc1c(C(=O)N2CCCC[C@@H]2c2nc3c(c(=O)[nH]2)CCN(C2CCCC2)C3)cnn1C. The molecule has 3 aliphatic rings. The molecule has 0 bridgehead atoms. The first kappa shape index (κ1) is 20.4. The second-order valence-corrected chi connectivity index (χ2v) is 9.31. The number of nitrogens with one attached hydrogen (secondary N) is 1. The van der Waals surface area contributed by atoms with Gasteiger partial charge in [0.05, 0.1) is 23.5 Å². The molecule has 2 aromatic heterocycles. The fourth-order valence-corrected chi connectivity index (χ4v) is 5.54. The highest BCUT2D eigenvalue weighted by atomic mass is 16.2. The number of aromatic nitrogens is 4. The fourth-order valence-electron chi connectivity index (χ4n) is 5.54. The first-order valence-electron chi connectivity index (χ1n) is 11.7. The molecule has 0 spiro atoms. The van der Waals surface area contributed by atoms with E-state index >= 15 is 0 Å². The number of rotatable bonds is 3. The highest BCUT2D eigenvalue weighted by Crippen LogP contribution is 2.32. The standard InChI is InChI=1S/C23H32N6O2/c1-15-18(13-24-27(15)2)23(31)29-11-6-5-9-20(29)21-25-19-14-28(16-7-3-4-8-16)12-10-17(19)22(30)26-21/h13,16,20H,3-12,14H2,1-2H3,(H,25,26,30)/t20-/m1/s1. The predicted molar refractivity (Wildman–Crippen MR) is 117 cm³/mol. The quantitative estimate of drug-likeness (QED) is 0.818. The number of fused-ring (bicyclic) bond motifs is 1. The molecule has 0 radical (unpaired) electrons. The molecule has 1 saturated carbocycles. The molecule has 1 atom stereocenters. The number of aromatic amines is 1. The molecule has 4 heterocycles. The molecular formula is C23H32N6O2. The molecule has 5 rings (SSSR count). The minimum Gasteiger partial charge on any atom is -0.328 e. The Morgan fingerprint density at radius 3 is 2.65 bits per heavy atom. The lowest BCUT2D eigenvalue weighted by atomic mass is 9.99. The Bertz CT molecular complexity index is 1040. The fraction of sp³-hybridized carbons (Fsp3) is 0.652. The minimum atomic E-state index is -0.194. The number of aryl methyl sites for hydroxylation is 1. The topological polar surface area (TPSA) is 87.1 Å². The van der Waals surface area contributed by atoms with Gasteiger partial charge in [0.2, 0.25) is 0 Å². The van der Waals surface area contributed by atoms with Crippen LogP contribution in [0.4, 0.5) is 0 Å². The molecule has 8 nitrogen and oxygen atoms in total. The van der Waals surface area contributed by atoms with Crippen molar-refractivity contribution in [2.75, 3.05) is 13.1 Å². The average Bonchev–Trinajstić information content (AvgIpc) is 3.44. The zero-order valence-corrected chi connectivity index (χ0v) is 18.6. The van der Waals surface area contributed by atoms with Crippen molar-refractivity contribution in [2.45, 2.75) is 76.9 Å². The molecule has 31 heavy (non-hydrogen) atoms. The van der Waals surface area contributed by atoms with Crippen molar-refractivity contribution in [3.8, 4) is 0 Å². The molecule has 1 aliphatic carbocycles. The lowest BCUT2D eigenvalue weighted by Gasteiger charge is -2.36. The van der Waals surface area contributed by atoms with E-state index in [2.05, 4.69) is 15.0 Å². The second-order valence-electron chi connectivity index (χ2n) is 9.31. The zero-order valence-electron chi connectivity index (χ0n) is 18.6. The number of carbonyl (C=O) groups excluding carboxylic acids is 1. The zero-order chi connectivity index (χ0) is 21.5. The maximum atomic E-state index is 13.4. The number of nitrogens with zero attached hydrogens (tertiary/aromatic N) is 5. The number of amides is 1. The lowest BCUT2D eigenvalue weighted by Crippen LogP contribution is -2.43. The van der Waals surface area contributed by atoms with E-state index in [0.717, 1.165) is 55.7 Å². The summed E-state index contributed by atoms with van der Waals surface area (Å²) >= 11 is 0. The highest BCUT2D eigenvalue weighted by Gasteiger charge is 2.34. The van der Waals surface area contributed by atoms with Crippen LogP contribution >= 0.6 is 0 Å². The first-order valence-corrected chi connectivity index (χ1v) is 11.7. The monoisotopic (exact) mass is 424 g/mol. The predicted octanol–water partition coefficient (Wildman–Crippen LogP) is 2.48. The molecule has 8 heteroatoms. The molecular weight excluding hydrogens is 392 g/mol. The molecule has 2 aromatic rings. The van der Waals surface area contributed by atoms with Gasteiger partial charge in [0, 0.05) is 44.0 Å². The van der Waals surface area contributed by atoms with Gasteiger partial charge < -0.3 is 9.88 Å². The van der Waals surface area contributed by atoms with Crippen LogP contribution in [-0.2, 0) is 20.0 Å². The van der Waals surface area contributed by atoms with Gasteiger partial charge in [-0.2, -0.15) is 5.10 Å². The summed E-state index contributed by atoms with van der Waals surface area (Å²) in [5.74, 6) is 0.620. The molecule has 2 aliphatic heterocycles. The van der Waals surface area contributed by atoms with Crippen molar-refractivity contribution in [1.82, 2.24) is 29.5 Å². The largest absolute Gasteiger partial charge is 0.328 e. The van der Waals surface area contributed by atoms with Gasteiger partial charge in [-0.15, -0.1) is 0 Å². The number of likely N-dealkylation sites (tertiary alicyclic amines) is 1. The Morgan fingerprint density at radius 2 is 1.90 bits per heavy atom. The van der Waals surface area contributed by atoms with E-state index in [1.165, 1.54) is 25.7 Å². The van der Waals surface area contributed by atoms with Crippen LogP contribution in [0.3, 0.4) is 0 Å². The number of carbonyl (C=O) groups is 1. The van der Waals surface area contributed by atoms with Crippen molar-refractivity contribution < 1.29 is 4.79 Å². The van der Waals surface area contributed by atoms with Gasteiger partial charge in [0.15, 0.2) is 0 Å². The molecule has 2 fully saturated rings. The van der Waals surface area contributed by atoms with E-state index in [0.29, 0.717) is 24.0 Å². The van der Waals surface area contributed by atoms with Gasteiger partial charge in [-0.3, -0.25) is 19.2 Å². The second kappa shape index (κ2) is 8.22. The summed E-state index contributed by atoms with van der Waals surface area (Å²) in [5, 5.41) is 4.24. The van der Waals surface area contributed by atoms with Crippen LogP contribution in [0.25, 0.3) is 0 Å². The van der Waals surface area contributed by atoms with Crippen LogP contribution in [0.5, 0.6) is 0 Å². The van der Waals surface area contributed by atoms with Gasteiger partial charge in [-0.25, -0.2) is 4.98 Å². The number of piperidine rings is 1. The Morgan fingerprint density at radius 1 is 1.13 bits per heavy atom. The molecule has 0 aromatic carbocycles. The Kier molecular flexibility index (Phi) is 5.42. The van der Waals surface area contributed by atoms with E-state index in [-0.39, 0.29) is 17.5 Å². The third-order valence-electron chi connectivity index (χ3n) is 7.51. The summed E-state index contributed by atoms with van der Waals surface area (Å²) in [6.45, 7) is 4.28. The maximum Gasteiger partial charge on any atom is 0.257 e. The summed E-state index contributed by atoms with van der Waals surface area (Å²) in [7, 11) is 1.85. The third kappa shape index (κ3) is 3.71. The summed E-state index contributed by atoms with van der Waals surface area (Å²) in [4.78, 5) is 38.7. The average molecular weight is 425 g/mol. The van der Waals surface area contributed by atoms with Crippen LogP contribution in [0.15, 0.2) is 11.0 Å². The van der Waals surface area contributed by atoms with Gasteiger partial charge in [-0.05, 0) is 45.4 Å². The van der Waals surface area contributed by atoms with Gasteiger partial charge in [-0.1, -0.05) is 12.8 Å². The smallest absolute Gasteiger partial charge is 0.257 e. The molecule has 1 N–H and O–H groups in total. The summed E-state index contributed by atoms with van der Waals surface area (Å²) in [5.41, 5.74) is 3.19. The minimum absolute atomic E-state index is 0.0248. The van der Waals surface area contributed by atoms with E-state index in [9.17, 15) is 9.59 Å². The Hall–Kier alpha value is -2.48. The van der Waals surface area contributed by atoms with Crippen molar-refractivity contribution in [1.29, 1.82) is 0 Å². The van der Waals surface area contributed by atoms with E-state index < -0.39 is 0 Å². The van der Waals surface area contributed by atoms with Crippen LogP contribution in [-0.4, -0.2) is 54.6 Å². The van der Waals surface area contributed by atoms with Crippen molar-refractivity contribution in [3.63, 3.8) is 0 Å². The summed E-state index contributed by atoms with van der Waals surface area (Å²) < 4.78 is 1.73. The molecule has 1 saturated heterocycles. The lowest BCUT2D eigenvalue weighted by molar-refractivity contribution is 0.0597. The number of hydrogen-bond acceptors (Lipinski definition) is 5. The Labute approximate surface area is 182 Å². The van der Waals surface area contributed by atoms with E-state index in [1.54, 1.807) is 10.9 Å². The number of hydrogen-bond donors (Lipinski definition) is 1. The van der Waals surface area contributed by atoms with Crippen LogP contribution in [0.2, 0.25) is 0 Å². The summed E-state index contributed by atoms with van der Waals surface area (Å²) in [6.07, 6.45) is 10.3. The van der Waals surface area contributed by atoms with E-state index in [4.69, 9.17) is 4.98 Å². The molecule has 1 amide bonds. The Balaban J connectivity index is 1.45. The van der Waals surface area contributed by atoms with Crippen molar-refractivity contribution in [3.05, 3.63) is 44.9 Å². The molecule has 166 valence electrons. The normalized spacial score (nSPS) is 22.6. The van der Waals surface area contributed by atoms with Crippen molar-refractivity contribution in [2.24, 2.45) is 7.05 Å². The molecule has 0 unspecified atom stereocenters. The van der Waals surface area contributed by atoms with Crippen LogP contribution in [0, 0.1) is 6.92 Å². The van der Waals surface area contributed by atoms with Gasteiger partial charge >= 0.3 is 0 Å². The van der Waals surface area contributed by atoms with E-state index in [1.807, 2.05) is 18.9 Å². The van der Waals surface area contributed by atoms with Crippen LogP contribution in [0.1, 0.15) is 84.1 Å². The third-order valence-corrected chi connectivity index (χ3v) is 7.51. The highest BCUT2D eigenvalue weighted by molar-refractivity contribution is 5.95. The maximum absolute atomic E-state index is 13.4. The summed E-state index contributed by atoms with van der Waals surface area (Å²) in [6, 6.07) is 0.430. The van der Waals surface area contributed by atoms with Gasteiger partial charge in [0.1, 0.15) is 5.82 Å². The van der Waals surface area contributed by atoms with Gasteiger partial charge in [0.25, 0.3) is 11.5 Å². The number of H-pyrrole nitrogens is 1. The van der Waals surface area contributed by atoms with Crippen molar-refractivity contribution >= 4 is 5.91 Å². The first-order chi connectivity index (χ1) is 15.0. The van der Waals surface area contributed by atoms with Crippen LogP contribution < -0.4 is 5.56 Å².